The number of ketones is 1. The summed E-state index contributed by atoms with van der Waals surface area (Å²) in [5.41, 5.74) is 1.66. The van der Waals surface area contributed by atoms with Crippen LogP contribution in [-0.4, -0.2) is 15.8 Å². The second kappa shape index (κ2) is 2.62. The Balaban J connectivity index is 2.49. The van der Waals surface area contributed by atoms with Crippen molar-refractivity contribution in [3.8, 4) is 0 Å². The Morgan fingerprint density at radius 3 is 2.92 bits per heavy atom. The maximum absolute atomic E-state index is 11.6. The number of carbonyl (C=O) groups excluding carboxylic acids is 1. The lowest BCUT2D eigenvalue weighted by Gasteiger charge is -2.28. The highest BCUT2D eigenvalue weighted by Crippen LogP contribution is 2.32. The van der Waals surface area contributed by atoms with Crippen molar-refractivity contribution in [2.24, 2.45) is 5.41 Å². The van der Waals surface area contributed by atoms with Crippen molar-refractivity contribution in [1.29, 1.82) is 0 Å². The van der Waals surface area contributed by atoms with Crippen molar-refractivity contribution in [3.63, 3.8) is 0 Å². The number of Topliss-reactive ketones (excluding diaryl/α,β-unsaturated/α-hetero) is 1. The third-order valence-corrected chi connectivity index (χ3v) is 2.38. The molecule has 1 aliphatic rings. The standard InChI is InChI=1S/C10H12N2O/c1-10(2)3-8-7(9(13)4-10)5-11-6-12-8/h5-6H,3-4H2,1-2H3. The van der Waals surface area contributed by atoms with Crippen LogP contribution in [0.3, 0.4) is 0 Å². The molecular weight excluding hydrogens is 164 g/mol. The van der Waals surface area contributed by atoms with Crippen LogP contribution in [0.5, 0.6) is 0 Å². The van der Waals surface area contributed by atoms with Crippen LogP contribution in [-0.2, 0) is 6.42 Å². The summed E-state index contributed by atoms with van der Waals surface area (Å²) in [6, 6.07) is 0. The van der Waals surface area contributed by atoms with Crippen molar-refractivity contribution in [3.05, 3.63) is 23.8 Å². The molecule has 13 heavy (non-hydrogen) atoms. The first-order valence-corrected chi connectivity index (χ1v) is 4.41. The van der Waals surface area contributed by atoms with E-state index in [0.29, 0.717) is 12.0 Å². The van der Waals surface area contributed by atoms with Gasteiger partial charge in [0.05, 0.1) is 11.3 Å². The van der Waals surface area contributed by atoms with Crippen molar-refractivity contribution < 1.29 is 4.79 Å². The van der Waals surface area contributed by atoms with Crippen LogP contribution < -0.4 is 0 Å². The fourth-order valence-corrected chi connectivity index (χ4v) is 1.77. The zero-order valence-electron chi connectivity index (χ0n) is 7.87. The Morgan fingerprint density at radius 1 is 1.38 bits per heavy atom. The third-order valence-electron chi connectivity index (χ3n) is 2.38. The Bertz CT molecular complexity index is 358. The smallest absolute Gasteiger partial charge is 0.166 e. The number of hydrogen-bond donors (Lipinski definition) is 0. The highest BCUT2D eigenvalue weighted by atomic mass is 16.1. The number of carbonyl (C=O) groups is 1. The molecule has 1 heterocycles. The topological polar surface area (TPSA) is 42.9 Å². The molecule has 0 aromatic carbocycles. The summed E-state index contributed by atoms with van der Waals surface area (Å²) in [6.45, 7) is 4.19. The number of hydrogen-bond acceptors (Lipinski definition) is 3. The van der Waals surface area contributed by atoms with E-state index in [1.807, 2.05) is 0 Å². The van der Waals surface area contributed by atoms with E-state index in [4.69, 9.17) is 0 Å². The van der Waals surface area contributed by atoms with Gasteiger partial charge in [0.2, 0.25) is 0 Å². The molecule has 0 atom stereocenters. The van der Waals surface area contributed by atoms with Gasteiger partial charge in [0.15, 0.2) is 5.78 Å². The molecule has 1 aromatic heterocycles. The van der Waals surface area contributed by atoms with Gasteiger partial charge >= 0.3 is 0 Å². The molecule has 0 radical (unpaired) electrons. The molecule has 0 saturated carbocycles. The molecule has 1 aromatic rings. The van der Waals surface area contributed by atoms with Crippen molar-refractivity contribution >= 4 is 5.78 Å². The number of rotatable bonds is 0. The van der Waals surface area contributed by atoms with Crippen molar-refractivity contribution in [2.75, 3.05) is 0 Å². The molecular formula is C10H12N2O. The van der Waals surface area contributed by atoms with Gasteiger partial charge in [0.1, 0.15) is 6.33 Å². The van der Waals surface area contributed by atoms with E-state index in [9.17, 15) is 4.79 Å². The van der Waals surface area contributed by atoms with Gasteiger partial charge in [-0.3, -0.25) is 4.79 Å². The van der Waals surface area contributed by atoms with Crippen LogP contribution in [0.25, 0.3) is 0 Å². The summed E-state index contributed by atoms with van der Waals surface area (Å²) < 4.78 is 0. The monoisotopic (exact) mass is 176 g/mol. The molecule has 0 saturated heterocycles. The summed E-state index contributed by atoms with van der Waals surface area (Å²) >= 11 is 0. The maximum Gasteiger partial charge on any atom is 0.166 e. The van der Waals surface area contributed by atoms with Gasteiger partial charge in [-0.15, -0.1) is 0 Å². The molecule has 0 bridgehead atoms. The Labute approximate surface area is 77.2 Å². The van der Waals surface area contributed by atoms with Gasteiger partial charge in [-0.1, -0.05) is 13.8 Å². The van der Waals surface area contributed by atoms with Gasteiger partial charge in [-0.2, -0.15) is 0 Å². The van der Waals surface area contributed by atoms with Crippen LogP contribution in [0, 0.1) is 5.41 Å². The quantitative estimate of drug-likeness (QED) is 0.603. The minimum Gasteiger partial charge on any atom is -0.294 e. The SMILES string of the molecule is CC1(C)CC(=O)c2cncnc2C1. The zero-order valence-corrected chi connectivity index (χ0v) is 7.87. The van der Waals surface area contributed by atoms with Crippen LogP contribution in [0.15, 0.2) is 12.5 Å². The van der Waals surface area contributed by atoms with Crippen molar-refractivity contribution in [1.82, 2.24) is 9.97 Å². The lowest BCUT2D eigenvalue weighted by molar-refractivity contribution is 0.0909. The number of fused-ring (bicyclic) bond motifs is 1. The normalized spacial score (nSPS) is 19.7. The summed E-state index contributed by atoms with van der Waals surface area (Å²) in [4.78, 5) is 19.6. The van der Waals surface area contributed by atoms with Crippen LogP contribution in [0.2, 0.25) is 0 Å². The van der Waals surface area contributed by atoms with Crippen LogP contribution >= 0.6 is 0 Å². The molecule has 0 amide bonds. The van der Waals surface area contributed by atoms with Crippen LogP contribution in [0.4, 0.5) is 0 Å². The lowest BCUT2D eigenvalue weighted by Crippen LogP contribution is -2.27. The second-order valence-corrected chi connectivity index (χ2v) is 4.32. The highest BCUT2D eigenvalue weighted by Gasteiger charge is 2.31. The maximum atomic E-state index is 11.6. The van der Waals surface area contributed by atoms with Gasteiger partial charge in [-0.05, 0) is 11.8 Å². The molecule has 3 heteroatoms. The average Bonchev–Trinajstić information content (AvgIpc) is 2.02. The predicted molar refractivity (Wildman–Crippen MR) is 48.5 cm³/mol. The molecule has 0 fully saturated rings. The Morgan fingerprint density at radius 2 is 2.15 bits per heavy atom. The number of aromatic nitrogens is 2. The van der Waals surface area contributed by atoms with E-state index in [1.165, 1.54) is 6.33 Å². The minimum absolute atomic E-state index is 0.0540. The highest BCUT2D eigenvalue weighted by molar-refractivity contribution is 5.98. The second-order valence-electron chi connectivity index (χ2n) is 4.32. The molecule has 0 aliphatic heterocycles. The molecule has 0 spiro atoms. The average molecular weight is 176 g/mol. The molecule has 68 valence electrons. The fraction of sp³-hybridized carbons (Fsp3) is 0.500. The minimum atomic E-state index is 0.0540. The van der Waals surface area contributed by atoms with E-state index >= 15 is 0 Å². The summed E-state index contributed by atoms with van der Waals surface area (Å²) in [6.07, 6.45) is 4.61. The first-order valence-electron chi connectivity index (χ1n) is 4.41. The fourth-order valence-electron chi connectivity index (χ4n) is 1.77. The van der Waals surface area contributed by atoms with E-state index in [2.05, 4.69) is 23.8 Å². The summed E-state index contributed by atoms with van der Waals surface area (Å²) in [5.74, 6) is 0.173. The zero-order chi connectivity index (χ0) is 9.47. The van der Waals surface area contributed by atoms with Gasteiger partial charge in [0, 0.05) is 12.6 Å². The van der Waals surface area contributed by atoms with Gasteiger partial charge < -0.3 is 0 Å². The Hall–Kier alpha value is -1.25. The predicted octanol–water partition coefficient (Wildman–Crippen LogP) is 1.63. The van der Waals surface area contributed by atoms with Gasteiger partial charge in [0.25, 0.3) is 0 Å². The third kappa shape index (κ3) is 1.46. The lowest BCUT2D eigenvalue weighted by atomic mass is 9.76. The largest absolute Gasteiger partial charge is 0.294 e. The van der Waals surface area contributed by atoms with Crippen molar-refractivity contribution in [2.45, 2.75) is 26.7 Å². The summed E-state index contributed by atoms with van der Waals surface area (Å²) in [7, 11) is 0. The first kappa shape index (κ1) is 8.35. The number of nitrogens with zero attached hydrogens (tertiary/aromatic N) is 2. The molecule has 1 aliphatic carbocycles. The molecule has 0 unspecified atom stereocenters. The van der Waals surface area contributed by atoms with E-state index in [0.717, 1.165) is 12.1 Å². The van der Waals surface area contributed by atoms with E-state index in [1.54, 1.807) is 6.20 Å². The summed E-state index contributed by atoms with van der Waals surface area (Å²) in [5, 5.41) is 0. The molecule has 2 rings (SSSR count). The van der Waals surface area contributed by atoms with E-state index < -0.39 is 0 Å². The van der Waals surface area contributed by atoms with Crippen LogP contribution in [0.1, 0.15) is 36.3 Å². The Kier molecular flexibility index (Phi) is 1.68. The van der Waals surface area contributed by atoms with E-state index in [-0.39, 0.29) is 11.2 Å². The first-order chi connectivity index (χ1) is 6.08. The molecule has 0 N–H and O–H groups in total. The van der Waals surface area contributed by atoms with Gasteiger partial charge in [-0.25, -0.2) is 9.97 Å². The molecule has 3 nitrogen and oxygen atoms in total.